The zero-order valence-corrected chi connectivity index (χ0v) is 16.7. The predicted octanol–water partition coefficient (Wildman–Crippen LogP) is 3.77. The van der Waals surface area contributed by atoms with Crippen molar-refractivity contribution in [2.75, 3.05) is 0 Å². The van der Waals surface area contributed by atoms with Crippen LogP contribution in [0, 0.1) is 38.5 Å². The molecule has 0 saturated heterocycles. The van der Waals surface area contributed by atoms with Gasteiger partial charge in [-0.1, -0.05) is 11.6 Å². The lowest BCUT2D eigenvalue weighted by Gasteiger charge is -2.30. The SMILES string of the molecule is Cc1cc(CS(=O)(=O)c2nc(C)c(C)n2[C@H](C)[C@H]2C[C@H]3CC[C@H]2C3)on1. The topological polar surface area (TPSA) is 78.0 Å². The fraction of sp³-hybridized carbons (Fsp3) is 0.684. The summed E-state index contributed by atoms with van der Waals surface area (Å²) in [5, 5.41) is 3.97. The molecular weight excluding hydrogens is 350 g/mol. The Kier molecular flexibility index (Phi) is 4.25. The second-order valence-corrected chi connectivity index (χ2v) is 10.1. The average Bonchev–Trinajstić information content (AvgIpc) is 3.33. The van der Waals surface area contributed by atoms with Crippen molar-refractivity contribution in [3.63, 3.8) is 0 Å². The van der Waals surface area contributed by atoms with Gasteiger partial charge in [-0.2, -0.15) is 0 Å². The van der Waals surface area contributed by atoms with Crippen LogP contribution in [-0.4, -0.2) is 23.1 Å². The first kappa shape index (κ1) is 17.8. The van der Waals surface area contributed by atoms with E-state index in [9.17, 15) is 8.42 Å². The molecule has 0 spiro atoms. The van der Waals surface area contributed by atoms with Gasteiger partial charge in [-0.3, -0.25) is 0 Å². The van der Waals surface area contributed by atoms with Gasteiger partial charge in [0.15, 0.2) is 5.76 Å². The van der Waals surface area contributed by atoms with Gasteiger partial charge >= 0.3 is 0 Å². The van der Waals surface area contributed by atoms with E-state index in [2.05, 4.69) is 17.1 Å². The van der Waals surface area contributed by atoms with E-state index in [1.54, 1.807) is 13.0 Å². The third-order valence-corrected chi connectivity index (χ3v) is 7.97. The molecule has 2 aromatic heterocycles. The van der Waals surface area contributed by atoms with Crippen LogP contribution in [0.2, 0.25) is 0 Å². The maximum Gasteiger partial charge on any atom is 0.228 e. The molecule has 0 aromatic carbocycles. The minimum atomic E-state index is -3.60. The summed E-state index contributed by atoms with van der Waals surface area (Å²) >= 11 is 0. The molecule has 4 rings (SSSR count). The number of imidazole rings is 1. The van der Waals surface area contributed by atoms with Gasteiger partial charge in [0.05, 0.1) is 11.4 Å². The van der Waals surface area contributed by atoms with Crippen molar-refractivity contribution >= 4 is 9.84 Å². The van der Waals surface area contributed by atoms with Crippen molar-refractivity contribution in [2.45, 2.75) is 70.3 Å². The maximum atomic E-state index is 13.1. The van der Waals surface area contributed by atoms with Crippen molar-refractivity contribution in [1.29, 1.82) is 0 Å². The third-order valence-electron chi connectivity index (χ3n) is 6.46. The number of fused-ring (bicyclic) bond motifs is 2. The molecule has 26 heavy (non-hydrogen) atoms. The highest BCUT2D eigenvalue weighted by Crippen LogP contribution is 2.52. The smallest absolute Gasteiger partial charge is 0.228 e. The summed E-state index contributed by atoms with van der Waals surface area (Å²) < 4.78 is 33.3. The molecule has 2 fully saturated rings. The highest BCUT2D eigenvalue weighted by molar-refractivity contribution is 7.90. The molecule has 2 aliphatic carbocycles. The zero-order chi connectivity index (χ0) is 18.6. The zero-order valence-electron chi connectivity index (χ0n) is 15.9. The number of hydrogen-bond donors (Lipinski definition) is 0. The van der Waals surface area contributed by atoms with Gasteiger partial charge in [0.1, 0.15) is 5.75 Å². The van der Waals surface area contributed by atoms with Crippen LogP contribution in [0.1, 0.15) is 61.5 Å². The maximum absolute atomic E-state index is 13.1. The van der Waals surface area contributed by atoms with E-state index < -0.39 is 9.84 Å². The normalized spacial score (nSPS) is 26.5. The first-order valence-corrected chi connectivity index (χ1v) is 11.1. The minimum absolute atomic E-state index is 0.146. The van der Waals surface area contributed by atoms with Crippen LogP contribution in [0.15, 0.2) is 15.7 Å². The fourth-order valence-corrected chi connectivity index (χ4v) is 6.63. The van der Waals surface area contributed by atoms with Gasteiger partial charge in [0, 0.05) is 17.8 Å². The van der Waals surface area contributed by atoms with E-state index in [4.69, 9.17) is 4.52 Å². The summed E-state index contributed by atoms with van der Waals surface area (Å²) in [6.07, 6.45) is 5.14. The molecule has 2 aliphatic rings. The Labute approximate surface area is 154 Å². The lowest BCUT2D eigenvalue weighted by Crippen LogP contribution is -2.25. The number of aromatic nitrogens is 3. The van der Waals surface area contributed by atoms with Crippen molar-refractivity contribution in [3.8, 4) is 0 Å². The molecule has 2 bridgehead atoms. The second kappa shape index (κ2) is 6.22. The van der Waals surface area contributed by atoms with E-state index in [1.807, 2.05) is 18.4 Å². The van der Waals surface area contributed by atoms with Crippen molar-refractivity contribution in [2.24, 2.45) is 17.8 Å². The van der Waals surface area contributed by atoms with E-state index in [0.29, 0.717) is 17.4 Å². The number of aryl methyl sites for hydroxylation is 2. The van der Waals surface area contributed by atoms with Gasteiger partial charge in [0.25, 0.3) is 0 Å². The third kappa shape index (κ3) is 2.90. The molecule has 0 radical (unpaired) electrons. The van der Waals surface area contributed by atoms with Crippen molar-refractivity contribution in [1.82, 2.24) is 14.7 Å². The quantitative estimate of drug-likeness (QED) is 0.792. The molecule has 7 heteroatoms. The Hall–Kier alpha value is -1.63. The van der Waals surface area contributed by atoms with Gasteiger partial charge < -0.3 is 9.09 Å². The van der Waals surface area contributed by atoms with Crippen molar-refractivity contribution < 1.29 is 12.9 Å². The molecule has 2 saturated carbocycles. The number of nitrogens with zero attached hydrogens (tertiary/aromatic N) is 3. The van der Waals surface area contributed by atoms with Gasteiger partial charge in [0.2, 0.25) is 15.0 Å². The monoisotopic (exact) mass is 377 g/mol. The second-order valence-electron chi connectivity index (χ2n) is 8.21. The molecule has 0 unspecified atom stereocenters. The number of rotatable bonds is 5. The molecule has 2 heterocycles. The molecule has 4 atom stereocenters. The highest BCUT2D eigenvalue weighted by atomic mass is 32.2. The summed E-state index contributed by atoms with van der Waals surface area (Å²) in [4.78, 5) is 4.45. The summed E-state index contributed by atoms with van der Waals surface area (Å²) in [6.45, 7) is 7.81. The number of hydrogen-bond acceptors (Lipinski definition) is 5. The Morgan fingerprint density at radius 1 is 1.27 bits per heavy atom. The van der Waals surface area contributed by atoms with Crippen LogP contribution in [0.5, 0.6) is 0 Å². The van der Waals surface area contributed by atoms with Crippen molar-refractivity contribution in [3.05, 3.63) is 28.9 Å². The van der Waals surface area contributed by atoms with Crippen LogP contribution in [0.3, 0.4) is 0 Å². The van der Waals surface area contributed by atoms with E-state index in [1.165, 1.54) is 25.7 Å². The molecular formula is C19H27N3O3S. The van der Waals surface area contributed by atoms with E-state index in [0.717, 1.165) is 23.2 Å². The lowest BCUT2D eigenvalue weighted by molar-refractivity contribution is 0.231. The van der Waals surface area contributed by atoms with Crippen LogP contribution >= 0.6 is 0 Å². The Morgan fingerprint density at radius 2 is 2.04 bits per heavy atom. The van der Waals surface area contributed by atoms with E-state index >= 15 is 0 Å². The Morgan fingerprint density at radius 3 is 2.62 bits per heavy atom. The molecule has 0 aliphatic heterocycles. The minimum Gasteiger partial charge on any atom is -0.360 e. The van der Waals surface area contributed by atoms with Gasteiger partial charge in [-0.05, 0) is 64.7 Å². The van der Waals surface area contributed by atoms with E-state index in [-0.39, 0.29) is 17.0 Å². The van der Waals surface area contributed by atoms with Crippen LogP contribution < -0.4 is 0 Å². The van der Waals surface area contributed by atoms with Crippen LogP contribution in [-0.2, 0) is 15.6 Å². The Bertz CT molecular complexity index is 928. The summed E-state index contributed by atoms with van der Waals surface area (Å²) in [5.41, 5.74) is 2.42. The molecule has 6 nitrogen and oxygen atoms in total. The molecule has 0 amide bonds. The summed E-state index contributed by atoms with van der Waals surface area (Å²) in [6, 6.07) is 1.82. The van der Waals surface area contributed by atoms with Crippen LogP contribution in [0.25, 0.3) is 0 Å². The first-order chi connectivity index (χ1) is 12.3. The predicted molar refractivity (Wildman–Crippen MR) is 97.5 cm³/mol. The highest BCUT2D eigenvalue weighted by Gasteiger charge is 2.43. The molecule has 2 aromatic rings. The van der Waals surface area contributed by atoms with Gasteiger partial charge in [-0.25, -0.2) is 13.4 Å². The van der Waals surface area contributed by atoms with Crippen LogP contribution in [0.4, 0.5) is 0 Å². The first-order valence-electron chi connectivity index (χ1n) is 9.46. The molecule has 142 valence electrons. The Balaban J connectivity index is 1.69. The fourth-order valence-electron chi connectivity index (χ4n) is 5.11. The van der Waals surface area contributed by atoms with Gasteiger partial charge in [-0.15, -0.1) is 0 Å². The number of sulfone groups is 1. The summed E-state index contributed by atoms with van der Waals surface area (Å²) in [7, 11) is -3.60. The largest absolute Gasteiger partial charge is 0.360 e. The lowest BCUT2D eigenvalue weighted by atomic mass is 9.84. The standard InChI is InChI=1S/C19H27N3O3S/c1-11-7-17(25-21-11)10-26(23,24)19-20-12(2)13(3)22(19)14(4)18-9-15-5-6-16(18)8-15/h7,14-16,18H,5-6,8-10H2,1-4H3/t14-,15+,16+,18-/m1/s1. The average molecular weight is 378 g/mol. The summed E-state index contributed by atoms with van der Waals surface area (Å²) in [5.74, 6) is 2.26. The molecule has 0 N–H and O–H groups in total.